The molecule has 30 heavy (non-hydrogen) atoms. The van der Waals surface area contributed by atoms with Crippen molar-refractivity contribution in [2.45, 2.75) is 63.4 Å². The first-order valence-electron chi connectivity index (χ1n) is 8.90. The molecule has 0 aliphatic heterocycles. The quantitative estimate of drug-likeness (QED) is 0.139. The maximum Gasteiger partial charge on any atom is 0.328 e. The molecule has 0 bridgehead atoms. The van der Waals surface area contributed by atoms with Gasteiger partial charge in [0.15, 0.2) is 6.04 Å². The molecule has 0 aromatic heterocycles. The Balaban J connectivity index is 5.07. The van der Waals surface area contributed by atoms with Crippen LogP contribution in [-0.2, 0) is 28.8 Å². The summed E-state index contributed by atoms with van der Waals surface area (Å²) in [5, 5.41) is 24.8. The van der Waals surface area contributed by atoms with E-state index in [1.54, 1.807) is 0 Å². The minimum Gasteiger partial charge on any atom is -0.480 e. The monoisotopic (exact) mass is 432 g/mol. The highest BCUT2D eigenvalue weighted by molar-refractivity contribution is 5.96. The van der Waals surface area contributed by atoms with E-state index < -0.39 is 72.2 Å². The third-order valence-corrected chi connectivity index (χ3v) is 3.88. The largest absolute Gasteiger partial charge is 0.480 e. The topological polar surface area (TPSA) is 257 Å². The number of hydrogen-bond acceptors (Lipinski definition) is 8. The normalized spacial score (nSPS) is 15.6. The van der Waals surface area contributed by atoms with Crippen LogP contribution in [0.1, 0.15) is 33.1 Å². The van der Waals surface area contributed by atoms with Crippen LogP contribution in [0.25, 0.3) is 0 Å². The van der Waals surface area contributed by atoms with Crippen molar-refractivity contribution in [1.29, 1.82) is 0 Å². The van der Waals surface area contributed by atoms with Gasteiger partial charge in [0, 0.05) is 6.42 Å². The number of carboxylic acids is 1. The van der Waals surface area contributed by atoms with Crippen LogP contribution >= 0.6 is 0 Å². The van der Waals surface area contributed by atoms with Crippen molar-refractivity contribution in [3.8, 4) is 0 Å². The molecule has 0 rings (SSSR count). The van der Waals surface area contributed by atoms with E-state index in [1.165, 1.54) is 6.92 Å². The molecule has 0 spiro atoms. The number of carbonyl (C=O) groups excluding carboxylic acids is 5. The molecule has 0 heterocycles. The molecule has 14 heteroatoms. The van der Waals surface area contributed by atoms with Gasteiger partial charge in [-0.1, -0.05) is 0 Å². The van der Waals surface area contributed by atoms with Crippen LogP contribution in [0.3, 0.4) is 0 Å². The molecule has 0 aromatic rings. The van der Waals surface area contributed by atoms with Crippen LogP contribution < -0.4 is 33.2 Å². The number of carboxylic acid groups (broad SMARTS) is 1. The molecular weight excluding hydrogens is 404 g/mol. The number of rotatable bonds is 13. The summed E-state index contributed by atoms with van der Waals surface area (Å²) < 4.78 is 0. The lowest BCUT2D eigenvalue weighted by molar-refractivity contribution is -0.145. The van der Waals surface area contributed by atoms with E-state index in [0.29, 0.717) is 0 Å². The summed E-state index contributed by atoms with van der Waals surface area (Å²) in [6, 6.07) is -5.56. The number of aliphatic hydroxyl groups is 1. The Kier molecular flexibility index (Phi) is 11.0. The van der Waals surface area contributed by atoms with Gasteiger partial charge >= 0.3 is 5.97 Å². The van der Waals surface area contributed by atoms with E-state index in [-0.39, 0.29) is 12.8 Å². The molecule has 5 atom stereocenters. The fourth-order valence-electron chi connectivity index (χ4n) is 2.16. The van der Waals surface area contributed by atoms with Crippen LogP contribution in [0.5, 0.6) is 0 Å². The van der Waals surface area contributed by atoms with Crippen LogP contribution in [0.2, 0.25) is 0 Å². The maximum absolute atomic E-state index is 12.4. The average Bonchev–Trinajstić information content (AvgIpc) is 2.61. The van der Waals surface area contributed by atoms with E-state index in [1.807, 2.05) is 5.32 Å². The first-order valence-corrected chi connectivity index (χ1v) is 8.90. The Hall–Kier alpha value is -3.26. The van der Waals surface area contributed by atoms with Crippen molar-refractivity contribution >= 4 is 35.5 Å². The minimum absolute atomic E-state index is 0.0964. The van der Waals surface area contributed by atoms with Crippen LogP contribution in [-0.4, -0.2) is 76.0 Å². The lowest BCUT2D eigenvalue weighted by atomic mass is 10.1. The van der Waals surface area contributed by atoms with Crippen molar-refractivity contribution in [3.63, 3.8) is 0 Å². The number of aliphatic carboxylic acids is 1. The first-order chi connectivity index (χ1) is 13.8. The third-order valence-electron chi connectivity index (χ3n) is 3.88. The lowest BCUT2D eigenvalue weighted by Crippen LogP contribution is -2.58. The molecule has 0 aliphatic carbocycles. The Morgan fingerprint density at radius 2 is 1.43 bits per heavy atom. The Labute approximate surface area is 171 Å². The Morgan fingerprint density at radius 3 is 1.87 bits per heavy atom. The third kappa shape index (κ3) is 9.79. The smallest absolute Gasteiger partial charge is 0.328 e. The summed E-state index contributed by atoms with van der Waals surface area (Å²) in [4.78, 5) is 69.5. The van der Waals surface area contributed by atoms with Gasteiger partial charge in [-0.25, -0.2) is 4.79 Å². The standard InChI is InChI=1S/C16H28N6O8/c1-6(13(26)22-12(7(2)23)16(29)30)20-15(28)9(5-11(19)25)21-14(27)8(17)3-4-10(18)24/h6-9,12,23H,3-5,17H2,1-2H3,(H2,18,24)(H2,19,25)(H,20,28)(H,21,27)(H,22,26)(H,29,30). The molecule has 0 radical (unpaired) electrons. The summed E-state index contributed by atoms with van der Waals surface area (Å²) in [6.45, 7) is 2.37. The fourth-order valence-corrected chi connectivity index (χ4v) is 2.16. The van der Waals surface area contributed by atoms with Gasteiger partial charge in [0.2, 0.25) is 29.5 Å². The highest BCUT2D eigenvalue weighted by atomic mass is 16.4. The van der Waals surface area contributed by atoms with Crippen LogP contribution in [0, 0.1) is 0 Å². The van der Waals surface area contributed by atoms with Gasteiger partial charge in [-0.15, -0.1) is 0 Å². The average molecular weight is 432 g/mol. The molecule has 0 aliphatic rings. The molecule has 5 amide bonds. The Bertz CT molecular complexity index is 683. The second-order valence-electron chi connectivity index (χ2n) is 6.64. The van der Waals surface area contributed by atoms with Gasteiger partial charge in [-0.05, 0) is 20.3 Å². The summed E-state index contributed by atoms with van der Waals surface area (Å²) in [5.74, 6) is -5.84. The molecular formula is C16H28N6O8. The van der Waals surface area contributed by atoms with Gasteiger partial charge in [0.1, 0.15) is 12.1 Å². The number of nitrogens with two attached hydrogens (primary N) is 3. The second-order valence-corrected chi connectivity index (χ2v) is 6.64. The van der Waals surface area contributed by atoms with Gasteiger partial charge < -0.3 is 43.4 Å². The van der Waals surface area contributed by atoms with Crippen LogP contribution in [0.15, 0.2) is 0 Å². The predicted molar refractivity (Wildman–Crippen MR) is 101 cm³/mol. The molecule has 0 saturated carbocycles. The summed E-state index contributed by atoms with van der Waals surface area (Å²) in [6.07, 6.45) is -2.29. The van der Waals surface area contributed by atoms with E-state index in [0.717, 1.165) is 6.92 Å². The zero-order valence-corrected chi connectivity index (χ0v) is 16.6. The lowest BCUT2D eigenvalue weighted by Gasteiger charge is -2.23. The van der Waals surface area contributed by atoms with E-state index in [4.69, 9.17) is 22.3 Å². The molecule has 0 saturated heterocycles. The summed E-state index contributed by atoms with van der Waals surface area (Å²) in [7, 11) is 0. The van der Waals surface area contributed by atoms with E-state index >= 15 is 0 Å². The molecule has 14 nitrogen and oxygen atoms in total. The number of carbonyl (C=O) groups is 6. The first kappa shape index (κ1) is 26.7. The number of hydrogen-bond donors (Lipinski definition) is 8. The molecule has 5 unspecified atom stereocenters. The zero-order valence-electron chi connectivity index (χ0n) is 16.6. The molecule has 170 valence electrons. The van der Waals surface area contributed by atoms with Crippen molar-refractivity contribution in [3.05, 3.63) is 0 Å². The molecule has 11 N–H and O–H groups in total. The van der Waals surface area contributed by atoms with Gasteiger partial charge in [0.05, 0.1) is 18.6 Å². The molecule has 0 aromatic carbocycles. The number of primary amides is 2. The van der Waals surface area contributed by atoms with E-state index in [2.05, 4.69) is 10.6 Å². The number of amides is 5. The number of aliphatic hydroxyl groups excluding tert-OH is 1. The molecule has 0 fully saturated rings. The van der Waals surface area contributed by atoms with Crippen LogP contribution in [0.4, 0.5) is 0 Å². The summed E-state index contributed by atoms with van der Waals surface area (Å²) in [5.41, 5.74) is 15.6. The highest BCUT2D eigenvalue weighted by Crippen LogP contribution is 2.00. The zero-order chi connectivity index (χ0) is 23.6. The van der Waals surface area contributed by atoms with Gasteiger partial charge in [-0.2, -0.15) is 0 Å². The SMILES string of the molecule is CC(NC(=O)C(CC(N)=O)NC(=O)C(N)CCC(N)=O)C(=O)NC(C(=O)O)C(C)O. The maximum atomic E-state index is 12.4. The predicted octanol–water partition coefficient (Wildman–Crippen LogP) is -4.61. The van der Waals surface area contributed by atoms with Gasteiger partial charge in [-0.3, -0.25) is 24.0 Å². The van der Waals surface area contributed by atoms with Crippen molar-refractivity contribution in [1.82, 2.24) is 16.0 Å². The van der Waals surface area contributed by atoms with E-state index in [9.17, 15) is 33.9 Å². The summed E-state index contributed by atoms with van der Waals surface area (Å²) >= 11 is 0. The number of nitrogens with one attached hydrogen (secondary N) is 3. The van der Waals surface area contributed by atoms with Crippen molar-refractivity contribution in [2.24, 2.45) is 17.2 Å². The van der Waals surface area contributed by atoms with Crippen molar-refractivity contribution in [2.75, 3.05) is 0 Å². The Morgan fingerprint density at radius 1 is 0.867 bits per heavy atom. The highest BCUT2D eigenvalue weighted by Gasteiger charge is 2.30. The van der Waals surface area contributed by atoms with Crippen molar-refractivity contribution < 1.29 is 39.0 Å². The fraction of sp³-hybridized carbons (Fsp3) is 0.625. The second kappa shape index (κ2) is 12.3. The van der Waals surface area contributed by atoms with Gasteiger partial charge in [0.25, 0.3) is 0 Å². The minimum atomic E-state index is -1.61.